The lowest BCUT2D eigenvalue weighted by Crippen LogP contribution is -2.25. The molecule has 5 heteroatoms. The fourth-order valence-corrected chi connectivity index (χ4v) is 2.70. The molecule has 0 spiro atoms. The largest absolute Gasteiger partial charge is 0.451 e. The summed E-state index contributed by atoms with van der Waals surface area (Å²) in [6, 6.07) is 22.1. The minimum absolute atomic E-state index is 0.150. The maximum absolute atomic E-state index is 12.4. The third kappa shape index (κ3) is 4.39. The van der Waals surface area contributed by atoms with Crippen molar-refractivity contribution >= 4 is 18.6 Å². The molecule has 25 heavy (non-hydrogen) atoms. The van der Waals surface area contributed by atoms with E-state index in [4.69, 9.17) is 4.74 Å². The molecule has 126 valence electrons. The summed E-state index contributed by atoms with van der Waals surface area (Å²) < 4.78 is 6.99. The number of esters is 1. The number of ether oxygens (including phenoxy) is 1. The summed E-state index contributed by atoms with van der Waals surface area (Å²) >= 11 is 4.11. The van der Waals surface area contributed by atoms with Gasteiger partial charge in [-0.1, -0.05) is 60.7 Å². The molecule has 0 N–H and O–H groups in total. The van der Waals surface area contributed by atoms with E-state index in [2.05, 4.69) is 12.6 Å². The molecule has 4 nitrogen and oxygen atoms in total. The van der Waals surface area contributed by atoms with Crippen molar-refractivity contribution in [2.45, 2.75) is 17.5 Å². The summed E-state index contributed by atoms with van der Waals surface area (Å²) in [6.45, 7) is -0.150. The summed E-state index contributed by atoms with van der Waals surface area (Å²) in [6.07, 6.45) is 1.01. The number of hydrogen-bond acceptors (Lipinski definition) is 4. The van der Waals surface area contributed by atoms with E-state index in [1.165, 1.54) is 16.8 Å². The second-order valence-corrected chi connectivity index (χ2v) is 6.06. The van der Waals surface area contributed by atoms with Crippen LogP contribution in [0.1, 0.15) is 17.2 Å². The van der Waals surface area contributed by atoms with Gasteiger partial charge in [0.15, 0.2) is 6.10 Å². The van der Waals surface area contributed by atoms with Crippen LogP contribution in [0.4, 0.5) is 0 Å². The fourth-order valence-electron chi connectivity index (χ4n) is 2.52. The number of carbonyl (C=O) groups excluding carboxylic acids is 1. The number of carbonyl (C=O) groups is 1. The Hall–Kier alpha value is -2.79. The molecule has 0 unspecified atom stereocenters. The van der Waals surface area contributed by atoms with E-state index < -0.39 is 12.1 Å². The van der Waals surface area contributed by atoms with Crippen molar-refractivity contribution in [3.8, 4) is 0 Å². The highest BCUT2D eigenvalue weighted by molar-refractivity contribution is 7.80. The Labute approximate surface area is 151 Å². The molecular weight excluding hydrogens is 334 g/mol. The van der Waals surface area contributed by atoms with Crippen LogP contribution in [0.5, 0.6) is 0 Å². The molecule has 0 atom stereocenters. The highest BCUT2D eigenvalue weighted by Gasteiger charge is 2.19. The Bertz CT molecular complexity index is 867. The van der Waals surface area contributed by atoms with Crippen molar-refractivity contribution in [3.05, 3.63) is 100 Å². The zero-order chi connectivity index (χ0) is 17.6. The molecule has 0 saturated carbocycles. The molecule has 0 fully saturated rings. The van der Waals surface area contributed by atoms with Gasteiger partial charge in [-0.15, -0.1) is 12.6 Å². The van der Waals surface area contributed by atoms with Gasteiger partial charge < -0.3 is 9.30 Å². The summed E-state index contributed by atoms with van der Waals surface area (Å²) in [7, 11) is 0. The van der Waals surface area contributed by atoms with Crippen LogP contribution in [-0.4, -0.2) is 10.5 Å². The van der Waals surface area contributed by atoms with Gasteiger partial charge in [0.1, 0.15) is 6.54 Å². The zero-order valence-electron chi connectivity index (χ0n) is 13.4. The van der Waals surface area contributed by atoms with Crippen molar-refractivity contribution in [1.29, 1.82) is 0 Å². The Kier molecular flexibility index (Phi) is 5.36. The van der Waals surface area contributed by atoms with Crippen LogP contribution in [0, 0.1) is 0 Å². The molecule has 2 aromatic carbocycles. The van der Waals surface area contributed by atoms with Crippen LogP contribution in [0.2, 0.25) is 0 Å². The van der Waals surface area contributed by atoms with E-state index in [1.807, 2.05) is 60.7 Å². The highest BCUT2D eigenvalue weighted by Crippen LogP contribution is 2.26. The van der Waals surface area contributed by atoms with Crippen molar-refractivity contribution in [3.63, 3.8) is 0 Å². The first-order valence-electron chi connectivity index (χ1n) is 7.82. The third-order valence-corrected chi connectivity index (χ3v) is 4.01. The quantitative estimate of drug-likeness (QED) is 0.566. The average Bonchev–Trinajstić information content (AvgIpc) is 2.63. The first kappa shape index (κ1) is 17.0. The van der Waals surface area contributed by atoms with Crippen LogP contribution in [0.3, 0.4) is 0 Å². The molecule has 3 aromatic rings. The SMILES string of the molecule is O=C(Cn1ccc(S)cc1=O)OC(c1ccccc1)c1ccccc1. The van der Waals surface area contributed by atoms with Crippen molar-refractivity contribution in [2.24, 2.45) is 0 Å². The lowest BCUT2D eigenvalue weighted by Gasteiger charge is -2.19. The van der Waals surface area contributed by atoms with E-state index in [0.29, 0.717) is 4.90 Å². The summed E-state index contributed by atoms with van der Waals surface area (Å²) in [5, 5.41) is 0. The number of hydrogen-bond donors (Lipinski definition) is 1. The van der Waals surface area contributed by atoms with Gasteiger partial charge in [-0.05, 0) is 17.2 Å². The monoisotopic (exact) mass is 351 g/mol. The Balaban J connectivity index is 1.83. The number of thiol groups is 1. The van der Waals surface area contributed by atoms with Crippen LogP contribution in [-0.2, 0) is 16.1 Å². The van der Waals surface area contributed by atoms with E-state index >= 15 is 0 Å². The summed E-state index contributed by atoms with van der Waals surface area (Å²) in [4.78, 5) is 24.9. The third-order valence-electron chi connectivity index (χ3n) is 3.73. The molecule has 0 radical (unpaired) electrons. The minimum atomic E-state index is -0.519. The first-order valence-corrected chi connectivity index (χ1v) is 8.27. The average molecular weight is 351 g/mol. The van der Waals surface area contributed by atoms with Crippen molar-refractivity contribution in [2.75, 3.05) is 0 Å². The Morgan fingerprint density at radius 3 is 2.04 bits per heavy atom. The Morgan fingerprint density at radius 2 is 1.52 bits per heavy atom. The highest BCUT2D eigenvalue weighted by atomic mass is 32.1. The second kappa shape index (κ2) is 7.85. The van der Waals surface area contributed by atoms with E-state index in [1.54, 1.807) is 6.07 Å². The number of nitrogens with zero attached hydrogens (tertiary/aromatic N) is 1. The van der Waals surface area contributed by atoms with Crippen LogP contribution < -0.4 is 5.56 Å². The van der Waals surface area contributed by atoms with Gasteiger partial charge in [-0.2, -0.15) is 0 Å². The molecule has 0 amide bonds. The van der Waals surface area contributed by atoms with Crippen LogP contribution >= 0.6 is 12.6 Å². The van der Waals surface area contributed by atoms with Gasteiger partial charge in [0, 0.05) is 17.2 Å². The lowest BCUT2D eigenvalue weighted by molar-refractivity contribution is -0.148. The molecule has 0 bridgehead atoms. The topological polar surface area (TPSA) is 48.3 Å². The van der Waals surface area contributed by atoms with Crippen LogP contribution in [0.15, 0.2) is 88.7 Å². The van der Waals surface area contributed by atoms with E-state index in [9.17, 15) is 9.59 Å². The maximum atomic E-state index is 12.4. The van der Waals surface area contributed by atoms with Gasteiger partial charge >= 0.3 is 5.97 Å². The van der Waals surface area contributed by atoms with E-state index in [0.717, 1.165) is 11.1 Å². The van der Waals surface area contributed by atoms with Crippen molar-refractivity contribution < 1.29 is 9.53 Å². The van der Waals surface area contributed by atoms with Gasteiger partial charge in [-0.3, -0.25) is 9.59 Å². The van der Waals surface area contributed by atoms with Crippen LogP contribution in [0.25, 0.3) is 0 Å². The van der Waals surface area contributed by atoms with E-state index in [-0.39, 0.29) is 12.1 Å². The first-order chi connectivity index (χ1) is 12.1. The normalized spacial score (nSPS) is 10.6. The molecule has 1 heterocycles. The lowest BCUT2D eigenvalue weighted by atomic mass is 10.0. The number of rotatable bonds is 5. The van der Waals surface area contributed by atoms with Crippen molar-refractivity contribution in [1.82, 2.24) is 4.57 Å². The molecule has 1 aromatic heterocycles. The second-order valence-electron chi connectivity index (χ2n) is 5.54. The molecule has 0 aliphatic rings. The van der Waals surface area contributed by atoms with Gasteiger partial charge in [-0.25, -0.2) is 0 Å². The fraction of sp³-hybridized carbons (Fsp3) is 0.100. The maximum Gasteiger partial charge on any atom is 0.327 e. The molecule has 0 aliphatic heterocycles. The number of aromatic nitrogens is 1. The summed E-state index contributed by atoms with van der Waals surface area (Å²) in [5.74, 6) is -0.480. The zero-order valence-corrected chi connectivity index (χ0v) is 14.3. The molecule has 3 rings (SSSR count). The predicted molar refractivity (Wildman–Crippen MR) is 98.8 cm³/mol. The van der Waals surface area contributed by atoms with Gasteiger partial charge in [0.2, 0.25) is 0 Å². The smallest absolute Gasteiger partial charge is 0.327 e. The molecule has 0 aliphatic carbocycles. The predicted octanol–water partition coefficient (Wildman–Crippen LogP) is 3.47. The van der Waals surface area contributed by atoms with Gasteiger partial charge in [0.25, 0.3) is 5.56 Å². The molecule has 0 saturated heterocycles. The molecular formula is C20H17NO3S. The summed E-state index contributed by atoms with van der Waals surface area (Å²) in [5.41, 5.74) is 1.46. The number of pyridine rings is 1. The Morgan fingerprint density at radius 1 is 0.960 bits per heavy atom. The number of benzene rings is 2. The minimum Gasteiger partial charge on any atom is -0.451 e. The standard InChI is InChI=1S/C20H17NO3S/c22-18-13-17(25)11-12-21(18)14-19(23)24-20(15-7-3-1-4-8-15)16-9-5-2-6-10-16/h1-13,20,25H,14H2. The van der Waals surface area contributed by atoms with Gasteiger partial charge in [0.05, 0.1) is 0 Å².